The number of nitrogens with one attached hydrogen (secondary N) is 1. The molecule has 0 atom stereocenters. The summed E-state index contributed by atoms with van der Waals surface area (Å²) in [6.45, 7) is -0.281. The van der Waals surface area contributed by atoms with Crippen LogP contribution in [-0.4, -0.2) is 26.0 Å². The van der Waals surface area contributed by atoms with Crippen molar-refractivity contribution in [2.24, 2.45) is 0 Å². The molecule has 0 saturated heterocycles. The van der Waals surface area contributed by atoms with Crippen LogP contribution in [0.1, 0.15) is 12.0 Å². The molecule has 1 aromatic rings. The maximum atomic E-state index is 13.0. The Morgan fingerprint density at radius 2 is 2.17 bits per heavy atom. The molecule has 0 unspecified atom stereocenters. The van der Waals surface area contributed by atoms with E-state index >= 15 is 0 Å². The van der Waals surface area contributed by atoms with Gasteiger partial charge in [-0.15, -0.1) is 0 Å². The first-order valence-corrected chi connectivity index (χ1v) is 6.26. The summed E-state index contributed by atoms with van der Waals surface area (Å²) < 4.78 is 38.4. The zero-order valence-corrected chi connectivity index (χ0v) is 9.87. The van der Waals surface area contributed by atoms with Crippen LogP contribution in [0.25, 0.3) is 0 Å². The van der Waals surface area contributed by atoms with E-state index in [1.54, 1.807) is 0 Å². The smallest absolute Gasteiger partial charge is 0.304 e. The number of hydrogen-bond acceptors (Lipinski definition) is 4. The average molecular weight is 272 g/mol. The van der Waals surface area contributed by atoms with Gasteiger partial charge in [0.15, 0.2) is 0 Å². The Labute approximate surface area is 103 Å². The fourth-order valence-corrected chi connectivity index (χ4v) is 2.19. The number of benzene rings is 1. The quantitative estimate of drug-likeness (QED) is 0.809. The first-order chi connectivity index (χ1) is 8.36. The molecule has 0 bridgehead atoms. The molecule has 1 aromatic carbocycles. The van der Waals surface area contributed by atoms with E-state index in [0.29, 0.717) is 0 Å². The average Bonchev–Trinajstić information content (AvgIpc) is 2.28. The van der Waals surface area contributed by atoms with Crippen LogP contribution in [0.15, 0.2) is 23.1 Å². The number of sulfonamides is 1. The van der Waals surface area contributed by atoms with E-state index < -0.39 is 27.4 Å². The predicted molar refractivity (Wildman–Crippen MR) is 58.6 cm³/mol. The van der Waals surface area contributed by atoms with Crippen LogP contribution < -0.4 is 4.72 Å². The molecule has 0 radical (unpaired) electrons. The molecule has 96 valence electrons. The highest BCUT2D eigenvalue weighted by Gasteiger charge is 2.16. The van der Waals surface area contributed by atoms with Crippen molar-refractivity contribution < 1.29 is 22.7 Å². The van der Waals surface area contributed by atoms with Crippen molar-refractivity contribution in [3.63, 3.8) is 0 Å². The van der Waals surface area contributed by atoms with Crippen LogP contribution >= 0.6 is 0 Å². The van der Waals surface area contributed by atoms with Crippen LogP contribution in [0.3, 0.4) is 0 Å². The second-order valence-electron chi connectivity index (χ2n) is 3.29. The van der Waals surface area contributed by atoms with E-state index in [2.05, 4.69) is 0 Å². The van der Waals surface area contributed by atoms with Crippen molar-refractivity contribution in [3.05, 3.63) is 29.6 Å². The molecule has 0 spiro atoms. The Balaban J connectivity index is 2.92. The molecule has 8 heteroatoms. The Kier molecular flexibility index (Phi) is 4.36. The van der Waals surface area contributed by atoms with Gasteiger partial charge in [-0.1, -0.05) is 0 Å². The van der Waals surface area contributed by atoms with Gasteiger partial charge < -0.3 is 5.11 Å². The third-order valence-corrected chi connectivity index (χ3v) is 3.46. The molecule has 0 saturated carbocycles. The van der Waals surface area contributed by atoms with Gasteiger partial charge in [-0.05, 0) is 18.2 Å². The first-order valence-electron chi connectivity index (χ1n) is 4.78. The van der Waals surface area contributed by atoms with Crippen LogP contribution in [0.4, 0.5) is 4.39 Å². The monoisotopic (exact) mass is 272 g/mol. The molecule has 0 aliphatic heterocycles. The molecule has 2 N–H and O–H groups in total. The van der Waals surface area contributed by atoms with Crippen molar-refractivity contribution in [2.75, 3.05) is 6.54 Å². The van der Waals surface area contributed by atoms with E-state index in [-0.39, 0.29) is 17.9 Å². The van der Waals surface area contributed by atoms with Crippen molar-refractivity contribution in [3.8, 4) is 6.07 Å². The molecule has 0 fully saturated rings. The molecule has 0 aliphatic rings. The van der Waals surface area contributed by atoms with Gasteiger partial charge in [0.2, 0.25) is 10.0 Å². The number of carbonyl (C=O) groups is 1. The van der Waals surface area contributed by atoms with Gasteiger partial charge in [0.05, 0.1) is 16.9 Å². The molecule has 18 heavy (non-hydrogen) atoms. The summed E-state index contributed by atoms with van der Waals surface area (Å²) >= 11 is 0. The van der Waals surface area contributed by atoms with E-state index in [4.69, 9.17) is 10.4 Å². The van der Waals surface area contributed by atoms with E-state index in [1.165, 1.54) is 6.07 Å². The second-order valence-corrected chi connectivity index (χ2v) is 5.06. The summed E-state index contributed by atoms with van der Waals surface area (Å²) in [4.78, 5) is 9.95. The van der Waals surface area contributed by atoms with Gasteiger partial charge in [0, 0.05) is 6.54 Å². The summed E-state index contributed by atoms with van der Waals surface area (Å²) in [5.41, 5.74) is -0.392. The lowest BCUT2D eigenvalue weighted by Gasteiger charge is -2.05. The predicted octanol–water partition coefficient (Wildman–Crippen LogP) is 0.450. The fourth-order valence-electron chi connectivity index (χ4n) is 1.13. The van der Waals surface area contributed by atoms with E-state index in [1.807, 2.05) is 4.72 Å². The normalized spacial score (nSPS) is 10.9. The van der Waals surface area contributed by atoms with Crippen LogP contribution in [0, 0.1) is 17.1 Å². The molecular weight excluding hydrogens is 263 g/mol. The Bertz CT molecular complexity index is 607. The molecule has 0 heterocycles. The summed E-state index contributed by atoms with van der Waals surface area (Å²) in [6.07, 6.45) is -0.370. The molecule has 6 nitrogen and oxygen atoms in total. The van der Waals surface area contributed by atoms with Gasteiger partial charge in [-0.2, -0.15) is 5.26 Å². The van der Waals surface area contributed by atoms with Gasteiger partial charge in [-0.25, -0.2) is 17.5 Å². The minimum absolute atomic E-state index is 0.281. The molecule has 1 rings (SSSR count). The number of rotatable bonds is 5. The first kappa shape index (κ1) is 14.1. The van der Waals surface area contributed by atoms with Gasteiger partial charge >= 0.3 is 5.97 Å². The van der Waals surface area contributed by atoms with Gasteiger partial charge in [0.25, 0.3) is 0 Å². The Hall–Kier alpha value is -1.98. The minimum Gasteiger partial charge on any atom is -0.481 e. The van der Waals surface area contributed by atoms with Crippen LogP contribution in [0.2, 0.25) is 0 Å². The SMILES string of the molecule is N#Cc1cc(S(=O)(=O)NCCC(=O)O)ccc1F. The molecule has 0 aromatic heterocycles. The highest BCUT2D eigenvalue weighted by Crippen LogP contribution is 2.14. The third kappa shape index (κ3) is 3.51. The molecular formula is C10H9FN2O4S. The summed E-state index contributed by atoms with van der Waals surface area (Å²) in [6, 6.07) is 4.27. The lowest BCUT2D eigenvalue weighted by atomic mass is 10.2. The lowest BCUT2D eigenvalue weighted by molar-refractivity contribution is -0.136. The second kappa shape index (κ2) is 5.57. The summed E-state index contributed by atoms with van der Waals surface area (Å²) in [7, 11) is -3.94. The number of halogens is 1. The highest BCUT2D eigenvalue weighted by atomic mass is 32.2. The van der Waals surface area contributed by atoms with Crippen molar-refractivity contribution in [1.29, 1.82) is 5.26 Å². The van der Waals surface area contributed by atoms with Gasteiger partial charge in [0.1, 0.15) is 11.9 Å². The van der Waals surface area contributed by atoms with E-state index in [9.17, 15) is 17.6 Å². The highest BCUT2D eigenvalue weighted by molar-refractivity contribution is 7.89. The van der Waals surface area contributed by atoms with Crippen molar-refractivity contribution >= 4 is 16.0 Å². The maximum Gasteiger partial charge on any atom is 0.304 e. The largest absolute Gasteiger partial charge is 0.481 e. The molecule has 0 aliphatic carbocycles. The topological polar surface area (TPSA) is 107 Å². The van der Waals surface area contributed by atoms with Crippen LogP contribution in [0.5, 0.6) is 0 Å². The lowest BCUT2D eigenvalue weighted by Crippen LogP contribution is -2.26. The number of carboxylic acids is 1. The Morgan fingerprint density at radius 1 is 1.50 bits per heavy atom. The van der Waals surface area contributed by atoms with Crippen molar-refractivity contribution in [2.45, 2.75) is 11.3 Å². The fraction of sp³-hybridized carbons (Fsp3) is 0.200. The zero-order chi connectivity index (χ0) is 13.8. The third-order valence-electron chi connectivity index (χ3n) is 2.00. The number of aliphatic carboxylic acids is 1. The number of hydrogen-bond donors (Lipinski definition) is 2. The standard InChI is InChI=1S/C10H9FN2O4S/c11-9-2-1-8(5-7(9)6-12)18(16,17)13-4-3-10(14)15/h1-2,5,13H,3-4H2,(H,14,15). The van der Waals surface area contributed by atoms with Gasteiger partial charge in [-0.3, -0.25) is 4.79 Å². The zero-order valence-electron chi connectivity index (χ0n) is 9.05. The van der Waals surface area contributed by atoms with E-state index in [0.717, 1.165) is 18.2 Å². The summed E-state index contributed by atoms with van der Waals surface area (Å²) in [5, 5.41) is 16.9. The van der Waals surface area contributed by atoms with Crippen LogP contribution in [-0.2, 0) is 14.8 Å². The molecule has 0 amide bonds. The Morgan fingerprint density at radius 3 is 2.72 bits per heavy atom. The summed E-state index contributed by atoms with van der Waals surface area (Å²) in [5.74, 6) is -1.96. The minimum atomic E-state index is -3.94. The number of nitriles is 1. The number of nitrogens with zero attached hydrogens (tertiary/aromatic N) is 1. The number of carboxylic acid groups (broad SMARTS) is 1. The van der Waals surface area contributed by atoms with Crippen molar-refractivity contribution in [1.82, 2.24) is 4.72 Å². The maximum absolute atomic E-state index is 13.0.